The van der Waals surface area contributed by atoms with Crippen LogP contribution in [-0.2, 0) is 23.8 Å². The maximum atomic E-state index is 12.9. The molecule has 0 aromatic heterocycles. The van der Waals surface area contributed by atoms with Crippen molar-refractivity contribution in [3.63, 3.8) is 0 Å². The van der Waals surface area contributed by atoms with Gasteiger partial charge in [0, 0.05) is 19.4 Å². The first-order chi connectivity index (χ1) is 34.6. The summed E-state index contributed by atoms with van der Waals surface area (Å²) in [4.78, 5) is 25.6. The molecule has 0 fully saturated rings. The van der Waals surface area contributed by atoms with Crippen molar-refractivity contribution in [3.8, 4) is 0 Å². The molecule has 0 amide bonds. The number of rotatable bonds is 56. The van der Waals surface area contributed by atoms with E-state index in [2.05, 4.69) is 93.7 Å². The molecule has 5 heteroatoms. The molecule has 0 heterocycles. The highest BCUT2D eigenvalue weighted by molar-refractivity contribution is 5.70. The summed E-state index contributed by atoms with van der Waals surface area (Å²) >= 11 is 0. The van der Waals surface area contributed by atoms with Gasteiger partial charge in [0.15, 0.2) is 6.10 Å². The Hall–Kier alpha value is -2.66. The maximum Gasteiger partial charge on any atom is 0.306 e. The van der Waals surface area contributed by atoms with Crippen LogP contribution in [0.25, 0.3) is 0 Å². The summed E-state index contributed by atoms with van der Waals surface area (Å²) in [6, 6.07) is 0. The van der Waals surface area contributed by atoms with E-state index in [9.17, 15) is 9.59 Å². The van der Waals surface area contributed by atoms with Gasteiger partial charge in [-0.05, 0) is 109 Å². The van der Waals surface area contributed by atoms with Crippen LogP contribution in [0, 0.1) is 0 Å². The monoisotopic (exact) mass is 977 g/mol. The average molecular weight is 978 g/mol. The van der Waals surface area contributed by atoms with Crippen LogP contribution in [0.4, 0.5) is 0 Å². The minimum absolute atomic E-state index is 0.0757. The molecule has 0 N–H and O–H groups in total. The summed E-state index contributed by atoms with van der Waals surface area (Å²) < 4.78 is 17.5. The quantitative estimate of drug-likeness (QED) is 0.0345. The molecule has 0 saturated carbocycles. The van der Waals surface area contributed by atoms with Crippen LogP contribution in [0.3, 0.4) is 0 Å². The smallest absolute Gasteiger partial charge is 0.306 e. The molecule has 1 unspecified atom stereocenters. The number of allylic oxidation sites excluding steroid dienone is 12. The molecule has 0 aromatic carbocycles. The first kappa shape index (κ1) is 67.3. The van der Waals surface area contributed by atoms with Crippen LogP contribution >= 0.6 is 0 Å². The molecule has 1 atom stereocenters. The maximum absolute atomic E-state index is 12.9. The van der Waals surface area contributed by atoms with E-state index in [-0.39, 0.29) is 25.2 Å². The zero-order valence-electron chi connectivity index (χ0n) is 46.8. The summed E-state index contributed by atoms with van der Waals surface area (Å²) in [7, 11) is 0. The van der Waals surface area contributed by atoms with Crippen molar-refractivity contribution >= 4 is 11.9 Å². The summed E-state index contributed by atoms with van der Waals surface area (Å²) in [6.07, 6.45) is 79.3. The highest BCUT2D eigenvalue weighted by atomic mass is 16.6. The third kappa shape index (κ3) is 57.9. The molecular weight excluding hydrogens is 861 g/mol. The standard InChI is InChI=1S/C65H116O5/c1-4-7-10-13-16-19-22-25-28-30-32-34-36-39-42-45-48-51-54-57-60-68-61-63(70-65(67)59-56-53-50-47-44-41-37-27-24-21-18-15-12-9-6-3)62-69-64(66)58-55-52-49-46-43-40-38-35-33-31-29-26-23-20-17-14-11-8-5-2/h9,12,16,18-19,21,25-29,37,63H,4-8,10-11,13-15,17,20,22-24,30-36,38-62H2,1-3H3/b12-9-,19-16-,21-18-,28-25-,29-26-,37-27-. The number of esters is 2. The molecule has 0 aliphatic heterocycles. The minimum atomic E-state index is -0.551. The van der Waals surface area contributed by atoms with Crippen LogP contribution in [-0.4, -0.2) is 37.9 Å². The van der Waals surface area contributed by atoms with Crippen LogP contribution < -0.4 is 0 Å². The molecule has 0 spiro atoms. The van der Waals surface area contributed by atoms with Crippen LogP contribution in [0.5, 0.6) is 0 Å². The predicted octanol–water partition coefficient (Wildman–Crippen LogP) is 21.0. The van der Waals surface area contributed by atoms with Gasteiger partial charge in [-0.15, -0.1) is 0 Å². The second-order valence-electron chi connectivity index (χ2n) is 20.2. The Morgan fingerprint density at radius 1 is 0.329 bits per heavy atom. The summed E-state index contributed by atoms with van der Waals surface area (Å²) in [6.45, 7) is 7.70. The highest BCUT2D eigenvalue weighted by Gasteiger charge is 2.17. The molecule has 0 rings (SSSR count). The molecule has 0 aromatic rings. The molecule has 406 valence electrons. The van der Waals surface area contributed by atoms with Crippen molar-refractivity contribution in [2.45, 2.75) is 309 Å². The lowest BCUT2D eigenvalue weighted by atomic mass is 10.1. The van der Waals surface area contributed by atoms with Crippen LogP contribution in [0.15, 0.2) is 72.9 Å². The van der Waals surface area contributed by atoms with Gasteiger partial charge in [0.2, 0.25) is 0 Å². The van der Waals surface area contributed by atoms with Gasteiger partial charge in [-0.2, -0.15) is 0 Å². The SMILES string of the molecule is CC/C=C\C/C=C\C/C=C\CCCCCCCC(=O)OC(COCCCCCCCCCCCC/C=C\C/C=C\CCCCC)COC(=O)CCCCCCCCCCC/C=C\CCCCCCCC. The second kappa shape index (κ2) is 60.6. The van der Waals surface area contributed by atoms with Crippen molar-refractivity contribution in [3.05, 3.63) is 72.9 Å². The largest absolute Gasteiger partial charge is 0.462 e. The van der Waals surface area contributed by atoms with Gasteiger partial charge in [-0.1, -0.05) is 254 Å². The lowest BCUT2D eigenvalue weighted by Gasteiger charge is -2.18. The number of carbonyl (C=O) groups excluding carboxylic acids is 2. The van der Waals surface area contributed by atoms with E-state index in [4.69, 9.17) is 14.2 Å². The molecule has 0 saturated heterocycles. The van der Waals surface area contributed by atoms with E-state index in [1.807, 2.05) is 0 Å². The lowest BCUT2D eigenvalue weighted by molar-refractivity contribution is -0.163. The fourth-order valence-electron chi connectivity index (χ4n) is 8.67. The molecular formula is C65H116O5. The Kier molecular flexibility index (Phi) is 58.3. The fourth-order valence-corrected chi connectivity index (χ4v) is 8.67. The topological polar surface area (TPSA) is 61.8 Å². The van der Waals surface area contributed by atoms with Crippen molar-refractivity contribution in [1.29, 1.82) is 0 Å². The van der Waals surface area contributed by atoms with Crippen molar-refractivity contribution in [2.75, 3.05) is 19.8 Å². The number of unbranched alkanes of at least 4 members (excludes halogenated alkanes) is 33. The number of ether oxygens (including phenoxy) is 3. The Balaban J connectivity index is 4.27. The van der Waals surface area contributed by atoms with E-state index in [1.165, 1.54) is 193 Å². The number of carbonyl (C=O) groups is 2. The van der Waals surface area contributed by atoms with Gasteiger partial charge in [-0.3, -0.25) is 9.59 Å². The van der Waals surface area contributed by atoms with E-state index in [1.54, 1.807) is 0 Å². The summed E-state index contributed by atoms with van der Waals surface area (Å²) in [5, 5.41) is 0. The minimum Gasteiger partial charge on any atom is -0.462 e. The highest BCUT2D eigenvalue weighted by Crippen LogP contribution is 2.16. The Labute approximate surface area is 436 Å². The molecule has 0 aliphatic rings. The van der Waals surface area contributed by atoms with Crippen LogP contribution in [0.2, 0.25) is 0 Å². The third-order valence-electron chi connectivity index (χ3n) is 13.2. The van der Waals surface area contributed by atoms with Gasteiger partial charge in [-0.25, -0.2) is 0 Å². The summed E-state index contributed by atoms with van der Waals surface area (Å²) in [5.74, 6) is -0.410. The predicted molar refractivity (Wildman–Crippen MR) is 307 cm³/mol. The Morgan fingerprint density at radius 2 is 0.643 bits per heavy atom. The van der Waals surface area contributed by atoms with E-state index < -0.39 is 6.10 Å². The van der Waals surface area contributed by atoms with Crippen molar-refractivity contribution in [1.82, 2.24) is 0 Å². The van der Waals surface area contributed by atoms with Gasteiger partial charge in [0.1, 0.15) is 6.61 Å². The lowest BCUT2D eigenvalue weighted by Crippen LogP contribution is -2.30. The van der Waals surface area contributed by atoms with Gasteiger partial charge >= 0.3 is 11.9 Å². The zero-order chi connectivity index (χ0) is 50.6. The third-order valence-corrected chi connectivity index (χ3v) is 13.2. The van der Waals surface area contributed by atoms with Gasteiger partial charge < -0.3 is 14.2 Å². The first-order valence-corrected chi connectivity index (χ1v) is 30.5. The van der Waals surface area contributed by atoms with Gasteiger partial charge in [0.25, 0.3) is 0 Å². The molecule has 0 bridgehead atoms. The fraction of sp³-hybridized carbons (Fsp3) is 0.785. The van der Waals surface area contributed by atoms with Crippen LogP contribution in [0.1, 0.15) is 303 Å². The summed E-state index contributed by atoms with van der Waals surface area (Å²) in [5.41, 5.74) is 0. The number of hydrogen-bond donors (Lipinski definition) is 0. The van der Waals surface area contributed by atoms with Gasteiger partial charge in [0.05, 0.1) is 6.61 Å². The van der Waals surface area contributed by atoms with Crippen molar-refractivity contribution in [2.24, 2.45) is 0 Å². The normalized spacial score (nSPS) is 12.7. The van der Waals surface area contributed by atoms with E-state index >= 15 is 0 Å². The van der Waals surface area contributed by atoms with Crippen molar-refractivity contribution < 1.29 is 23.8 Å². The molecule has 0 radical (unpaired) electrons. The second-order valence-corrected chi connectivity index (χ2v) is 20.2. The molecule has 70 heavy (non-hydrogen) atoms. The Morgan fingerprint density at radius 3 is 1.07 bits per heavy atom. The molecule has 0 aliphatic carbocycles. The average Bonchev–Trinajstić information content (AvgIpc) is 3.36. The molecule has 5 nitrogen and oxygen atoms in total. The first-order valence-electron chi connectivity index (χ1n) is 30.5. The zero-order valence-corrected chi connectivity index (χ0v) is 46.8. The van der Waals surface area contributed by atoms with E-state index in [0.29, 0.717) is 19.4 Å². The number of hydrogen-bond acceptors (Lipinski definition) is 5. The Bertz CT molecular complexity index is 1240. The van der Waals surface area contributed by atoms with E-state index in [0.717, 1.165) is 77.0 Å².